The van der Waals surface area contributed by atoms with Gasteiger partial charge in [0.15, 0.2) is 0 Å². The normalized spacial score (nSPS) is 10.1. The second-order valence-electron chi connectivity index (χ2n) is 3.35. The standard InChI is InChI=1S/C10H12ClN3O/c1-6(2)8-7(4-5-12)9(11)14-10(13-8)15-3/h6H,4H2,1-3H3. The van der Waals surface area contributed by atoms with Gasteiger partial charge in [-0.3, -0.25) is 0 Å². The molecule has 0 aromatic carbocycles. The van der Waals surface area contributed by atoms with Crippen LogP contribution in [0.2, 0.25) is 5.15 Å². The first-order valence-corrected chi connectivity index (χ1v) is 4.95. The fourth-order valence-corrected chi connectivity index (χ4v) is 1.50. The largest absolute Gasteiger partial charge is 0.467 e. The van der Waals surface area contributed by atoms with Crippen molar-refractivity contribution in [3.05, 3.63) is 16.4 Å². The molecule has 1 rings (SSSR count). The molecule has 15 heavy (non-hydrogen) atoms. The van der Waals surface area contributed by atoms with Crippen molar-refractivity contribution in [2.45, 2.75) is 26.2 Å². The van der Waals surface area contributed by atoms with Crippen LogP contribution in [0.25, 0.3) is 0 Å². The third kappa shape index (κ3) is 2.57. The average Bonchev–Trinajstić information content (AvgIpc) is 2.20. The molecule has 80 valence electrons. The van der Waals surface area contributed by atoms with E-state index in [2.05, 4.69) is 16.0 Å². The van der Waals surface area contributed by atoms with E-state index in [9.17, 15) is 0 Å². The van der Waals surface area contributed by atoms with Crippen LogP contribution in [0.15, 0.2) is 0 Å². The van der Waals surface area contributed by atoms with Gasteiger partial charge in [0.1, 0.15) is 5.15 Å². The monoisotopic (exact) mass is 225 g/mol. The number of aromatic nitrogens is 2. The van der Waals surface area contributed by atoms with E-state index in [1.807, 2.05) is 13.8 Å². The number of nitrogens with zero attached hydrogens (tertiary/aromatic N) is 3. The second kappa shape index (κ2) is 4.94. The van der Waals surface area contributed by atoms with Crippen LogP contribution in [0, 0.1) is 11.3 Å². The van der Waals surface area contributed by atoms with Crippen molar-refractivity contribution in [1.29, 1.82) is 5.26 Å². The molecular formula is C10H12ClN3O. The Bertz CT molecular complexity index is 398. The Morgan fingerprint density at radius 1 is 1.47 bits per heavy atom. The summed E-state index contributed by atoms with van der Waals surface area (Å²) in [5, 5.41) is 8.98. The highest BCUT2D eigenvalue weighted by Gasteiger charge is 2.15. The van der Waals surface area contributed by atoms with Crippen molar-refractivity contribution in [3.8, 4) is 12.1 Å². The molecule has 0 aliphatic heterocycles. The second-order valence-corrected chi connectivity index (χ2v) is 3.71. The smallest absolute Gasteiger partial charge is 0.317 e. The van der Waals surface area contributed by atoms with Crippen LogP contribution < -0.4 is 4.74 Å². The molecule has 0 unspecified atom stereocenters. The summed E-state index contributed by atoms with van der Waals surface area (Å²) >= 11 is 5.95. The molecule has 0 saturated heterocycles. The van der Waals surface area contributed by atoms with Crippen molar-refractivity contribution >= 4 is 11.6 Å². The highest BCUT2D eigenvalue weighted by molar-refractivity contribution is 6.30. The number of ether oxygens (including phenoxy) is 1. The molecular weight excluding hydrogens is 214 g/mol. The van der Waals surface area contributed by atoms with E-state index in [0.29, 0.717) is 10.7 Å². The molecule has 0 radical (unpaired) electrons. The Morgan fingerprint density at radius 3 is 2.60 bits per heavy atom. The lowest BCUT2D eigenvalue weighted by molar-refractivity contribution is 0.376. The van der Waals surface area contributed by atoms with Crippen LogP contribution in [0.5, 0.6) is 6.01 Å². The third-order valence-corrected chi connectivity index (χ3v) is 2.27. The quantitative estimate of drug-likeness (QED) is 0.741. The zero-order chi connectivity index (χ0) is 11.4. The number of hydrogen-bond acceptors (Lipinski definition) is 4. The lowest BCUT2D eigenvalue weighted by Crippen LogP contribution is -2.05. The van der Waals surface area contributed by atoms with Gasteiger partial charge < -0.3 is 4.74 Å². The maximum absolute atomic E-state index is 8.68. The third-order valence-electron chi connectivity index (χ3n) is 1.95. The Balaban J connectivity index is 3.30. The molecule has 1 heterocycles. The summed E-state index contributed by atoms with van der Waals surface area (Å²) < 4.78 is 4.93. The fraction of sp³-hybridized carbons (Fsp3) is 0.500. The summed E-state index contributed by atoms with van der Waals surface area (Å²) in [6.07, 6.45) is 0.219. The highest BCUT2D eigenvalue weighted by Crippen LogP contribution is 2.25. The Labute approximate surface area is 93.9 Å². The van der Waals surface area contributed by atoms with Gasteiger partial charge in [-0.15, -0.1) is 0 Å². The van der Waals surface area contributed by atoms with Crippen LogP contribution in [0.4, 0.5) is 0 Å². The maximum atomic E-state index is 8.68. The van der Waals surface area contributed by atoms with E-state index >= 15 is 0 Å². The van der Waals surface area contributed by atoms with Crippen LogP contribution in [-0.4, -0.2) is 17.1 Å². The zero-order valence-electron chi connectivity index (χ0n) is 8.91. The van der Waals surface area contributed by atoms with E-state index in [1.54, 1.807) is 0 Å². The minimum Gasteiger partial charge on any atom is -0.467 e. The zero-order valence-corrected chi connectivity index (χ0v) is 9.67. The number of methoxy groups -OCH3 is 1. The van der Waals surface area contributed by atoms with Crippen LogP contribution in [0.1, 0.15) is 31.0 Å². The predicted octanol–water partition coefficient (Wildman–Crippen LogP) is 2.33. The van der Waals surface area contributed by atoms with Crippen molar-refractivity contribution in [3.63, 3.8) is 0 Å². The molecule has 0 aliphatic carbocycles. The Kier molecular flexibility index (Phi) is 3.87. The molecule has 5 heteroatoms. The van der Waals surface area contributed by atoms with Crippen molar-refractivity contribution < 1.29 is 4.74 Å². The summed E-state index contributed by atoms with van der Waals surface area (Å²) in [5.41, 5.74) is 1.46. The molecule has 0 fully saturated rings. The topological polar surface area (TPSA) is 58.8 Å². The minimum atomic E-state index is 0.183. The molecule has 0 spiro atoms. The molecule has 1 aromatic rings. The van der Waals surface area contributed by atoms with Crippen molar-refractivity contribution in [2.24, 2.45) is 0 Å². The molecule has 4 nitrogen and oxygen atoms in total. The number of nitriles is 1. The molecule has 0 bridgehead atoms. The summed E-state index contributed by atoms with van der Waals surface area (Å²) in [6.45, 7) is 3.97. The molecule has 0 saturated carbocycles. The molecule has 0 amide bonds. The van der Waals surface area contributed by atoms with Gasteiger partial charge in [0.2, 0.25) is 0 Å². The van der Waals surface area contributed by atoms with Gasteiger partial charge in [-0.2, -0.15) is 15.2 Å². The van der Waals surface area contributed by atoms with Gasteiger partial charge in [0.25, 0.3) is 0 Å². The summed E-state index contributed by atoms with van der Waals surface area (Å²) in [5.74, 6) is 0.183. The Hall–Kier alpha value is -1.34. The molecule has 1 aromatic heterocycles. The van der Waals surface area contributed by atoms with Gasteiger partial charge in [-0.1, -0.05) is 25.4 Å². The average molecular weight is 226 g/mol. The minimum absolute atomic E-state index is 0.183. The first-order chi connectivity index (χ1) is 7.10. The van der Waals surface area contributed by atoms with Gasteiger partial charge in [0, 0.05) is 5.56 Å². The lowest BCUT2D eigenvalue weighted by atomic mass is 10.0. The van der Waals surface area contributed by atoms with Crippen LogP contribution >= 0.6 is 11.6 Å². The molecule has 0 aliphatic rings. The molecule has 0 atom stereocenters. The number of hydrogen-bond donors (Lipinski definition) is 0. The van der Waals surface area contributed by atoms with E-state index in [-0.39, 0.29) is 18.3 Å². The van der Waals surface area contributed by atoms with Gasteiger partial charge >= 0.3 is 6.01 Å². The summed E-state index contributed by atoms with van der Waals surface area (Å²) in [6, 6.07) is 2.29. The van der Waals surface area contributed by atoms with Crippen molar-refractivity contribution in [2.75, 3.05) is 7.11 Å². The van der Waals surface area contributed by atoms with Gasteiger partial charge in [0.05, 0.1) is 25.3 Å². The van der Waals surface area contributed by atoms with E-state index < -0.39 is 0 Å². The Morgan fingerprint density at radius 2 is 2.13 bits per heavy atom. The maximum Gasteiger partial charge on any atom is 0.317 e. The van der Waals surface area contributed by atoms with Gasteiger partial charge in [-0.05, 0) is 5.92 Å². The first kappa shape index (κ1) is 11.7. The van der Waals surface area contributed by atoms with E-state index in [4.69, 9.17) is 21.6 Å². The van der Waals surface area contributed by atoms with E-state index in [1.165, 1.54) is 7.11 Å². The van der Waals surface area contributed by atoms with Gasteiger partial charge in [-0.25, -0.2) is 0 Å². The summed E-state index contributed by atoms with van der Waals surface area (Å²) in [4.78, 5) is 8.14. The lowest BCUT2D eigenvalue weighted by Gasteiger charge is -2.11. The molecule has 0 N–H and O–H groups in total. The predicted molar refractivity (Wildman–Crippen MR) is 57.0 cm³/mol. The van der Waals surface area contributed by atoms with Crippen LogP contribution in [-0.2, 0) is 6.42 Å². The first-order valence-electron chi connectivity index (χ1n) is 4.57. The van der Waals surface area contributed by atoms with Crippen molar-refractivity contribution in [1.82, 2.24) is 9.97 Å². The SMILES string of the molecule is COc1nc(Cl)c(CC#N)c(C(C)C)n1. The van der Waals surface area contributed by atoms with E-state index in [0.717, 1.165) is 5.69 Å². The number of rotatable bonds is 3. The number of halogens is 1. The fourth-order valence-electron chi connectivity index (χ4n) is 1.26. The highest BCUT2D eigenvalue weighted by atomic mass is 35.5. The van der Waals surface area contributed by atoms with Crippen LogP contribution in [0.3, 0.4) is 0 Å². The summed E-state index contributed by atoms with van der Waals surface area (Å²) in [7, 11) is 1.49.